The molecule has 6 heteroatoms. The maximum Gasteiger partial charge on any atom is 0.230 e. The third-order valence-electron chi connectivity index (χ3n) is 4.92. The number of rotatable bonds is 8. The van der Waals surface area contributed by atoms with Crippen molar-refractivity contribution in [1.29, 1.82) is 0 Å². The Morgan fingerprint density at radius 2 is 2.00 bits per heavy atom. The largest absolute Gasteiger partial charge is 0.353 e. The van der Waals surface area contributed by atoms with E-state index in [-0.39, 0.29) is 5.91 Å². The third kappa shape index (κ3) is 5.01. The minimum absolute atomic E-state index is 0.0721. The molecule has 1 aliphatic carbocycles. The smallest absolute Gasteiger partial charge is 0.230 e. The average Bonchev–Trinajstić information content (AvgIpc) is 3.30. The van der Waals surface area contributed by atoms with Crippen molar-refractivity contribution >= 4 is 17.7 Å². The molecule has 0 spiro atoms. The third-order valence-corrected chi connectivity index (χ3v) is 5.88. The molecule has 1 amide bonds. The Hall–Kier alpha value is -2.08. The Morgan fingerprint density at radius 1 is 1.30 bits per heavy atom. The summed E-state index contributed by atoms with van der Waals surface area (Å²) in [6, 6.07) is 8.78. The van der Waals surface area contributed by atoms with Crippen molar-refractivity contribution in [2.45, 2.75) is 63.2 Å². The van der Waals surface area contributed by atoms with Crippen LogP contribution >= 0.6 is 11.8 Å². The van der Waals surface area contributed by atoms with Crippen LogP contribution in [0, 0.1) is 0 Å². The Kier molecular flexibility index (Phi) is 6.72. The molecule has 1 aromatic carbocycles. The molecule has 3 rings (SSSR count). The van der Waals surface area contributed by atoms with Gasteiger partial charge in [0.2, 0.25) is 5.91 Å². The van der Waals surface area contributed by atoms with Crippen LogP contribution in [0.4, 0.5) is 0 Å². The van der Waals surface area contributed by atoms with Gasteiger partial charge in [0.05, 0.1) is 5.75 Å². The molecule has 144 valence electrons. The van der Waals surface area contributed by atoms with E-state index >= 15 is 0 Å². The zero-order chi connectivity index (χ0) is 19.2. The molecule has 0 atom stereocenters. The second-order valence-corrected chi connectivity index (χ2v) is 8.26. The number of nitrogens with zero attached hydrogens (tertiary/aromatic N) is 3. The second kappa shape index (κ2) is 9.22. The Balaban J connectivity index is 1.70. The van der Waals surface area contributed by atoms with E-state index in [9.17, 15) is 4.79 Å². The van der Waals surface area contributed by atoms with Crippen LogP contribution in [0.1, 0.15) is 51.0 Å². The standard InChI is InChI=1S/C21H28N4OS/c1-4-13-25-20(17-11-9-16(10-12-17)15(2)3)23-24-21(25)27-14-19(26)22-18-7-5-6-8-18/h4,9-12,15,18H,1,5-8,13-14H2,2-3H3,(H,22,26). The SMILES string of the molecule is C=CCn1c(SCC(=O)NC2CCCC2)nnc1-c1ccc(C(C)C)cc1. The van der Waals surface area contributed by atoms with Crippen molar-refractivity contribution in [2.24, 2.45) is 0 Å². The number of amides is 1. The lowest BCUT2D eigenvalue weighted by Gasteiger charge is -2.12. The highest BCUT2D eigenvalue weighted by Crippen LogP contribution is 2.26. The van der Waals surface area contributed by atoms with Gasteiger partial charge in [-0.15, -0.1) is 16.8 Å². The van der Waals surface area contributed by atoms with E-state index in [0.717, 1.165) is 29.4 Å². The highest BCUT2D eigenvalue weighted by atomic mass is 32.2. The van der Waals surface area contributed by atoms with E-state index < -0.39 is 0 Å². The van der Waals surface area contributed by atoms with Crippen LogP contribution in [0.15, 0.2) is 42.1 Å². The summed E-state index contributed by atoms with van der Waals surface area (Å²) >= 11 is 1.43. The lowest BCUT2D eigenvalue weighted by atomic mass is 10.0. The molecule has 1 aliphatic rings. The Morgan fingerprint density at radius 3 is 2.63 bits per heavy atom. The molecule has 0 saturated heterocycles. The number of thioether (sulfide) groups is 1. The monoisotopic (exact) mass is 384 g/mol. The molecule has 0 unspecified atom stereocenters. The minimum Gasteiger partial charge on any atom is -0.353 e. The molecular weight excluding hydrogens is 356 g/mol. The molecule has 1 fully saturated rings. The van der Waals surface area contributed by atoms with E-state index in [1.54, 1.807) is 0 Å². The van der Waals surface area contributed by atoms with Crippen LogP contribution in [0.2, 0.25) is 0 Å². The molecule has 0 bridgehead atoms. The van der Waals surface area contributed by atoms with Gasteiger partial charge in [-0.3, -0.25) is 9.36 Å². The fourth-order valence-electron chi connectivity index (χ4n) is 3.39. The molecule has 1 aromatic heterocycles. The lowest BCUT2D eigenvalue weighted by molar-refractivity contribution is -0.119. The number of allylic oxidation sites excluding steroid dienone is 1. The van der Waals surface area contributed by atoms with E-state index in [1.165, 1.54) is 30.2 Å². The number of benzene rings is 1. The van der Waals surface area contributed by atoms with Gasteiger partial charge >= 0.3 is 0 Å². The fourth-order valence-corrected chi connectivity index (χ4v) is 4.15. The van der Waals surface area contributed by atoms with Gasteiger partial charge in [0, 0.05) is 18.2 Å². The Labute approximate surface area is 165 Å². The van der Waals surface area contributed by atoms with Crippen molar-refractivity contribution < 1.29 is 4.79 Å². The summed E-state index contributed by atoms with van der Waals surface area (Å²) in [5.74, 6) is 1.74. The zero-order valence-electron chi connectivity index (χ0n) is 16.1. The van der Waals surface area contributed by atoms with E-state index in [2.05, 4.69) is 60.2 Å². The molecule has 0 radical (unpaired) electrons. The lowest BCUT2D eigenvalue weighted by Crippen LogP contribution is -2.33. The molecule has 2 aromatic rings. The van der Waals surface area contributed by atoms with Crippen molar-refractivity contribution in [2.75, 3.05) is 5.75 Å². The van der Waals surface area contributed by atoms with Gasteiger partial charge in [0.1, 0.15) is 0 Å². The molecule has 1 saturated carbocycles. The van der Waals surface area contributed by atoms with Gasteiger partial charge < -0.3 is 5.32 Å². The molecule has 0 aliphatic heterocycles. The van der Waals surface area contributed by atoms with Crippen LogP contribution in [0.5, 0.6) is 0 Å². The summed E-state index contributed by atoms with van der Waals surface area (Å²) in [6.45, 7) is 8.82. The maximum atomic E-state index is 12.2. The average molecular weight is 385 g/mol. The van der Waals surface area contributed by atoms with Gasteiger partial charge in [-0.05, 0) is 24.3 Å². The van der Waals surface area contributed by atoms with Gasteiger partial charge in [-0.25, -0.2) is 0 Å². The van der Waals surface area contributed by atoms with Crippen LogP contribution in [0.25, 0.3) is 11.4 Å². The predicted octanol–water partition coefficient (Wildman–Crippen LogP) is 4.41. The summed E-state index contributed by atoms with van der Waals surface area (Å²) in [5.41, 5.74) is 2.32. The molecule has 1 N–H and O–H groups in total. The first-order valence-corrected chi connectivity index (χ1v) is 10.6. The Bertz CT molecular complexity index is 776. The fraction of sp³-hybridized carbons (Fsp3) is 0.476. The van der Waals surface area contributed by atoms with Crippen molar-refractivity contribution in [1.82, 2.24) is 20.1 Å². The number of hydrogen-bond acceptors (Lipinski definition) is 4. The highest BCUT2D eigenvalue weighted by molar-refractivity contribution is 7.99. The van der Waals surface area contributed by atoms with Crippen LogP contribution in [0.3, 0.4) is 0 Å². The second-order valence-electron chi connectivity index (χ2n) is 7.32. The van der Waals surface area contributed by atoms with Crippen LogP contribution < -0.4 is 5.32 Å². The summed E-state index contributed by atoms with van der Waals surface area (Å²) in [7, 11) is 0. The predicted molar refractivity (Wildman–Crippen MR) is 111 cm³/mol. The quantitative estimate of drug-likeness (QED) is 0.541. The summed E-state index contributed by atoms with van der Waals surface area (Å²) in [4.78, 5) is 12.2. The number of carbonyl (C=O) groups is 1. The van der Waals surface area contributed by atoms with Gasteiger partial charge in [-0.2, -0.15) is 0 Å². The summed E-state index contributed by atoms with van der Waals surface area (Å²) < 4.78 is 2.02. The van der Waals surface area contributed by atoms with Crippen LogP contribution in [-0.2, 0) is 11.3 Å². The van der Waals surface area contributed by atoms with E-state index in [4.69, 9.17) is 0 Å². The van der Waals surface area contributed by atoms with Crippen molar-refractivity contribution in [3.05, 3.63) is 42.5 Å². The number of hydrogen-bond donors (Lipinski definition) is 1. The van der Waals surface area contributed by atoms with Gasteiger partial charge in [-0.1, -0.05) is 68.8 Å². The summed E-state index contributed by atoms with van der Waals surface area (Å²) in [6.07, 6.45) is 6.45. The molecular formula is C21H28N4OS. The first-order valence-electron chi connectivity index (χ1n) is 9.65. The molecule has 27 heavy (non-hydrogen) atoms. The minimum atomic E-state index is 0.0721. The van der Waals surface area contributed by atoms with Gasteiger partial charge in [0.25, 0.3) is 0 Å². The van der Waals surface area contributed by atoms with Crippen molar-refractivity contribution in [3.8, 4) is 11.4 Å². The zero-order valence-corrected chi connectivity index (χ0v) is 17.0. The molecule has 1 heterocycles. The normalized spacial score (nSPS) is 14.6. The molecule has 5 nitrogen and oxygen atoms in total. The number of nitrogens with one attached hydrogen (secondary N) is 1. The first kappa shape index (κ1) is 19.7. The topological polar surface area (TPSA) is 59.8 Å². The highest BCUT2D eigenvalue weighted by Gasteiger charge is 2.19. The summed E-state index contributed by atoms with van der Waals surface area (Å²) in [5, 5.41) is 12.6. The first-order chi connectivity index (χ1) is 13.1. The van der Waals surface area contributed by atoms with E-state index in [1.807, 2.05) is 10.6 Å². The van der Waals surface area contributed by atoms with Gasteiger partial charge in [0.15, 0.2) is 11.0 Å². The van der Waals surface area contributed by atoms with Crippen molar-refractivity contribution in [3.63, 3.8) is 0 Å². The maximum absolute atomic E-state index is 12.2. The van der Waals surface area contributed by atoms with Crippen LogP contribution in [-0.4, -0.2) is 32.5 Å². The number of aromatic nitrogens is 3. The van der Waals surface area contributed by atoms with E-state index in [0.29, 0.717) is 24.3 Å². The number of carbonyl (C=O) groups excluding carboxylic acids is 1.